The van der Waals surface area contributed by atoms with Crippen LogP contribution in [0.2, 0.25) is 0 Å². The molecule has 0 aliphatic carbocycles. The van der Waals surface area contributed by atoms with Crippen LogP contribution in [0.25, 0.3) is 11.1 Å². The Balaban J connectivity index is 1.82. The van der Waals surface area contributed by atoms with Crippen molar-refractivity contribution in [3.63, 3.8) is 0 Å². The van der Waals surface area contributed by atoms with E-state index in [2.05, 4.69) is 27.3 Å². The Bertz CT molecular complexity index is 734. The number of amides is 1. The molecule has 136 valence electrons. The third-order valence-electron chi connectivity index (χ3n) is 4.76. The van der Waals surface area contributed by atoms with Gasteiger partial charge in [0.15, 0.2) is 0 Å². The maximum Gasteiger partial charge on any atom is 0.263 e. The first kappa shape index (κ1) is 17.6. The van der Waals surface area contributed by atoms with Crippen LogP contribution in [0.3, 0.4) is 0 Å². The number of nitrogens with zero attached hydrogens (tertiary/aromatic N) is 4. The van der Waals surface area contributed by atoms with Gasteiger partial charge in [-0.3, -0.25) is 4.79 Å². The van der Waals surface area contributed by atoms with Gasteiger partial charge < -0.3 is 14.7 Å². The van der Waals surface area contributed by atoms with Crippen molar-refractivity contribution in [1.82, 2.24) is 20.4 Å². The zero-order valence-electron chi connectivity index (χ0n) is 15.3. The molecule has 3 heterocycles. The van der Waals surface area contributed by atoms with Gasteiger partial charge in [0.05, 0.1) is 5.69 Å². The van der Waals surface area contributed by atoms with Crippen LogP contribution < -0.4 is 10.2 Å². The average Bonchev–Trinajstić information content (AvgIpc) is 2.99. The van der Waals surface area contributed by atoms with E-state index in [1.807, 2.05) is 13.8 Å². The van der Waals surface area contributed by atoms with Crippen LogP contribution in [0.4, 0.5) is 5.82 Å². The van der Waals surface area contributed by atoms with Gasteiger partial charge in [0, 0.05) is 32.5 Å². The Hall–Kier alpha value is -2.18. The van der Waals surface area contributed by atoms with E-state index >= 15 is 0 Å². The molecule has 3 rings (SSSR count). The molecule has 0 bridgehead atoms. The van der Waals surface area contributed by atoms with Gasteiger partial charge in [-0.05, 0) is 32.1 Å². The second-order valence-corrected chi connectivity index (χ2v) is 6.93. The second kappa shape index (κ2) is 7.80. The number of hydrogen-bond acceptors (Lipinski definition) is 6. The van der Waals surface area contributed by atoms with Crippen LogP contribution in [0, 0.1) is 12.8 Å². The van der Waals surface area contributed by atoms with Gasteiger partial charge in [-0.2, -0.15) is 4.98 Å². The van der Waals surface area contributed by atoms with E-state index in [-0.39, 0.29) is 5.91 Å². The summed E-state index contributed by atoms with van der Waals surface area (Å²) >= 11 is 0. The van der Waals surface area contributed by atoms with Crippen molar-refractivity contribution >= 4 is 22.8 Å². The lowest BCUT2D eigenvalue weighted by Gasteiger charge is -2.31. The third kappa shape index (κ3) is 4.08. The Kier molecular flexibility index (Phi) is 5.50. The molecule has 1 aliphatic rings. The summed E-state index contributed by atoms with van der Waals surface area (Å²) in [4.78, 5) is 23.4. The average molecular weight is 345 g/mol. The quantitative estimate of drug-likeness (QED) is 0.866. The van der Waals surface area contributed by atoms with E-state index in [1.54, 1.807) is 0 Å². The molecule has 0 atom stereocenters. The van der Waals surface area contributed by atoms with Crippen molar-refractivity contribution in [1.29, 1.82) is 0 Å². The van der Waals surface area contributed by atoms with E-state index in [0.717, 1.165) is 55.2 Å². The predicted molar refractivity (Wildman–Crippen MR) is 96.6 cm³/mol. The number of aryl methyl sites for hydroxylation is 2. The van der Waals surface area contributed by atoms with Crippen LogP contribution in [-0.2, 0) is 11.2 Å². The van der Waals surface area contributed by atoms with Crippen LogP contribution in [0.5, 0.6) is 0 Å². The number of rotatable bonds is 6. The zero-order valence-corrected chi connectivity index (χ0v) is 15.3. The third-order valence-corrected chi connectivity index (χ3v) is 4.76. The van der Waals surface area contributed by atoms with Crippen LogP contribution in [0.1, 0.15) is 51.0 Å². The largest absolute Gasteiger partial charge is 0.356 e. The molecule has 0 saturated carbocycles. The fraction of sp³-hybridized carbons (Fsp3) is 0.667. The van der Waals surface area contributed by atoms with Crippen molar-refractivity contribution in [2.45, 2.75) is 52.9 Å². The summed E-state index contributed by atoms with van der Waals surface area (Å²) in [5.74, 6) is 2.33. The first-order valence-electron chi connectivity index (χ1n) is 9.23. The number of nitrogens with one attached hydrogen (secondary N) is 1. The lowest BCUT2D eigenvalue weighted by Crippen LogP contribution is -2.34. The summed E-state index contributed by atoms with van der Waals surface area (Å²) in [6.45, 7) is 8.91. The molecule has 1 saturated heterocycles. The molecule has 0 radical (unpaired) electrons. The van der Waals surface area contributed by atoms with E-state index in [1.165, 1.54) is 0 Å². The molecule has 7 heteroatoms. The molecule has 25 heavy (non-hydrogen) atoms. The van der Waals surface area contributed by atoms with Crippen molar-refractivity contribution in [2.24, 2.45) is 5.92 Å². The number of hydrogen-bond donors (Lipinski definition) is 1. The summed E-state index contributed by atoms with van der Waals surface area (Å²) < 4.78 is 5.39. The molecular formula is C18H27N5O2. The zero-order chi connectivity index (χ0) is 17.8. The molecule has 0 unspecified atom stereocenters. The SMILES string of the molecule is CCCNC(=O)CCc1nc(N2CCC(C)CC2)c2c(C)noc2n1. The first-order valence-corrected chi connectivity index (χ1v) is 9.23. The second-order valence-electron chi connectivity index (χ2n) is 6.93. The van der Waals surface area contributed by atoms with E-state index in [4.69, 9.17) is 9.51 Å². The highest BCUT2D eigenvalue weighted by molar-refractivity contribution is 5.88. The van der Waals surface area contributed by atoms with Gasteiger partial charge in [-0.25, -0.2) is 4.98 Å². The Morgan fingerprint density at radius 3 is 2.80 bits per heavy atom. The molecule has 1 N–H and O–H groups in total. The van der Waals surface area contributed by atoms with E-state index < -0.39 is 0 Å². The summed E-state index contributed by atoms with van der Waals surface area (Å²) in [7, 11) is 0. The minimum Gasteiger partial charge on any atom is -0.356 e. The number of carbonyl (C=O) groups excluding carboxylic acids is 1. The number of aromatic nitrogens is 3. The standard InChI is InChI=1S/C18H27N5O2/c1-4-9-19-15(24)6-5-14-20-17(23-10-7-12(2)8-11-23)16-13(3)22-25-18(16)21-14/h12H,4-11H2,1-3H3,(H,19,24). The van der Waals surface area contributed by atoms with Gasteiger partial charge >= 0.3 is 0 Å². The normalized spacial score (nSPS) is 15.7. The number of piperidine rings is 1. The number of carbonyl (C=O) groups is 1. The highest BCUT2D eigenvalue weighted by Crippen LogP contribution is 2.30. The fourth-order valence-corrected chi connectivity index (χ4v) is 3.15. The van der Waals surface area contributed by atoms with Crippen LogP contribution >= 0.6 is 0 Å². The van der Waals surface area contributed by atoms with Gasteiger partial charge in [0.1, 0.15) is 17.0 Å². The summed E-state index contributed by atoms with van der Waals surface area (Å²) in [5.41, 5.74) is 1.33. The molecule has 0 aromatic carbocycles. The van der Waals surface area contributed by atoms with Crippen molar-refractivity contribution in [2.75, 3.05) is 24.5 Å². The minimum atomic E-state index is 0.0349. The topological polar surface area (TPSA) is 84.2 Å². The summed E-state index contributed by atoms with van der Waals surface area (Å²) in [6, 6.07) is 0. The van der Waals surface area contributed by atoms with Crippen LogP contribution in [0.15, 0.2) is 4.52 Å². The van der Waals surface area contributed by atoms with E-state index in [0.29, 0.717) is 30.9 Å². The highest BCUT2D eigenvalue weighted by Gasteiger charge is 2.23. The van der Waals surface area contributed by atoms with Crippen LogP contribution in [-0.4, -0.2) is 40.7 Å². The van der Waals surface area contributed by atoms with Gasteiger partial charge in [0.2, 0.25) is 5.91 Å². The summed E-state index contributed by atoms with van der Waals surface area (Å²) in [6.07, 6.45) is 4.13. The molecule has 7 nitrogen and oxygen atoms in total. The van der Waals surface area contributed by atoms with Gasteiger partial charge in [-0.1, -0.05) is 19.0 Å². The number of anilines is 1. The highest BCUT2D eigenvalue weighted by atomic mass is 16.5. The number of fused-ring (bicyclic) bond motifs is 1. The molecule has 2 aromatic rings. The van der Waals surface area contributed by atoms with Crippen molar-refractivity contribution in [3.8, 4) is 0 Å². The Morgan fingerprint density at radius 2 is 2.08 bits per heavy atom. The maximum absolute atomic E-state index is 11.9. The molecule has 2 aromatic heterocycles. The molecule has 1 fully saturated rings. The molecular weight excluding hydrogens is 318 g/mol. The van der Waals surface area contributed by atoms with Crippen molar-refractivity contribution in [3.05, 3.63) is 11.5 Å². The predicted octanol–water partition coefficient (Wildman–Crippen LogP) is 2.62. The Labute approximate surface area is 148 Å². The lowest BCUT2D eigenvalue weighted by molar-refractivity contribution is -0.121. The molecule has 0 spiro atoms. The smallest absolute Gasteiger partial charge is 0.263 e. The molecule has 1 aliphatic heterocycles. The van der Waals surface area contributed by atoms with Gasteiger partial charge in [-0.15, -0.1) is 0 Å². The minimum absolute atomic E-state index is 0.0349. The first-order chi connectivity index (χ1) is 12.1. The fourth-order valence-electron chi connectivity index (χ4n) is 3.15. The Morgan fingerprint density at radius 1 is 1.32 bits per heavy atom. The molecule has 1 amide bonds. The maximum atomic E-state index is 11.9. The van der Waals surface area contributed by atoms with Gasteiger partial charge in [0.25, 0.3) is 5.71 Å². The van der Waals surface area contributed by atoms with E-state index in [9.17, 15) is 4.79 Å². The lowest BCUT2D eigenvalue weighted by atomic mass is 9.99. The monoisotopic (exact) mass is 345 g/mol. The van der Waals surface area contributed by atoms with Crippen molar-refractivity contribution < 1.29 is 9.32 Å². The summed E-state index contributed by atoms with van der Waals surface area (Å²) in [5, 5.41) is 7.84.